The molecule has 0 aliphatic heterocycles. The normalized spacial score (nSPS) is 11.8. The number of hydrogen-bond donors (Lipinski definition) is 2. The first-order chi connectivity index (χ1) is 13.5. The van der Waals surface area contributed by atoms with E-state index in [4.69, 9.17) is 4.74 Å². The fraction of sp³-hybridized carbons (Fsp3) is 0.294. The molecule has 0 saturated carbocycles. The molecule has 0 spiro atoms. The maximum atomic E-state index is 12.9. The van der Waals surface area contributed by atoms with Crippen LogP contribution in [0.2, 0.25) is 0 Å². The summed E-state index contributed by atoms with van der Waals surface area (Å²) < 4.78 is 45.7. The van der Waals surface area contributed by atoms with Crippen LogP contribution in [-0.4, -0.2) is 45.7 Å². The van der Waals surface area contributed by atoms with E-state index in [-0.39, 0.29) is 37.1 Å². The Labute approximate surface area is 181 Å². The van der Waals surface area contributed by atoms with Gasteiger partial charge in [-0.2, -0.15) is 13.2 Å². The molecule has 29 heavy (non-hydrogen) atoms. The summed E-state index contributed by atoms with van der Waals surface area (Å²) in [6, 6.07) is 7.73. The SMILES string of the molecule is CN=C(NCCOc1ncccc1C(F)(F)F)NCc1nnc2ccccn12.I. The van der Waals surface area contributed by atoms with Crippen LogP contribution in [-0.2, 0) is 12.7 Å². The van der Waals surface area contributed by atoms with Crippen LogP contribution in [0.5, 0.6) is 5.88 Å². The molecule has 0 aliphatic carbocycles. The minimum absolute atomic E-state index is 0. The van der Waals surface area contributed by atoms with Gasteiger partial charge in [-0.1, -0.05) is 6.07 Å². The Hall–Kier alpha value is -2.64. The van der Waals surface area contributed by atoms with Gasteiger partial charge in [-0.15, -0.1) is 34.2 Å². The molecule has 8 nitrogen and oxygen atoms in total. The van der Waals surface area contributed by atoms with Crippen molar-refractivity contribution in [3.63, 3.8) is 0 Å². The fourth-order valence-electron chi connectivity index (χ4n) is 2.43. The van der Waals surface area contributed by atoms with Crippen molar-refractivity contribution in [1.82, 2.24) is 30.2 Å². The maximum absolute atomic E-state index is 12.9. The molecule has 0 aromatic carbocycles. The number of hydrogen-bond acceptors (Lipinski definition) is 5. The third-order valence-electron chi connectivity index (χ3n) is 3.73. The monoisotopic (exact) mass is 521 g/mol. The lowest BCUT2D eigenvalue weighted by Gasteiger charge is -2.14. The summed E-state index contributed by atoms with van der Waals surface area (Å²) in [4.78, 5) is 7.70. The van der Waals surface area contributed by atoms with Crippen LogP contribution in [0, 0.1) is 0 Å². The second-order valence-corrected chi connectivity index (χ2v) is 5.60. The number of rotatable bonds is 6. The molecular formula is C17H19F3IN7O. The van der Waals surface area contributed by atoms with Crippen LogP contribution in [0.3, 0.4) is 0 Å². The number of alkyl halides is 3. The quantitative estimate of drug-likeness (QED) is 0.225. The van der Waals surface area contributed by atoms with Crippen LogP contribution in [0.1, 0.15) is 11.4 Å². The van der Waals surface area contributed by atoms with Crippen LogP contribution in [0.25, 0.3) is 5.65 Å². The Kier molecular flexibility index (Phi) is 7.99. The van der Waals surface area contributed by atoms with Gasteiger partial charge >= 0.3 is 6.18 Å². The van der Waals surface area contributed by atoms with Gasteiger partial charge in [-0.25, -0.2) is 4.98 Å². The van der Waals surface area contributed by atoms with E-state index in [9.17, 15) is 13.2 Å². The second kappa shape index (κ2) is 10.2. The first kappa shape index (κ1) is 22.6. The molecule has 0 atom stereocenters. The van der Waals surface area contributed by atoms with E-state index in [2.05, 4.69) is 30.8 Å². The van der Waals surface area contributed by atoms with Crippen molar-refractivity contribution in [2.45, 2.75) is 12.7 Å². The minimum Gasteiger partial charge on any atom is -0.475 e. The van der Waals surface area contributed by atoms with Crippen molar-refractivity contribution in [1.29, 1.82) is 0 Å². The number of fused-ring (bicyclic) bond motifs is 1. The van der Waals surface area contributed by atoms with Gasteiger partial charge in [0.25, 0.3) is 0 Å². The van der Waals surface area contributed by atoms with Crippen LogP contribution in [0.15, 0.2) is 47.7 Å². The molecule has 0 fully saturated rings. The summed E-state index contributed by atoms with van der Waals surface area (Å²) in [5, 5.41) is 14.2. The van der Waals surface area contributed by atoms with E-state index >= 15 is 0 Å². The lowest BCUT2D eigenvalue weighted by molar-refractivity contribution is -0.139. The van der Waals surface area contributed by atoms with E-state index in [1.54, 1.807) is 7.05 Å². The summed E-state index contributed by atoms with van der Waals surface area (Å²) in [5.41, 5.74) is -0.178. The zero-order valence-corrected chi connectivity index (χ0v) is 17.7. The average molecular weight is 521 g/mol. The van der Waals surface area contributed by atoms with Crippen molar-refractivity contribution < 1.29 is 17.9 Å². The minimum atomic E-state index is -4.52. The number of nitrogens with zero attached hydrogens (tertiary/aromatic N) is 5. The number of aromatic nitrogens is 4. The molecule has 3 aromatic heterocycles. The summed E-state index contributed by atoms with van der Waals surface area (Å²) in [6.45, 7) is 0.576. The van der Waals surface area contributed by atoms with Crippen LogP contribution < -0.4 is 15.4 Å². The number of aliphatic imine (C=N–C) groups is 1. The number of guanidine groups is 1. The first-order valence-corrected chi connectivity index (χ1v) is 8.37. The van der Waals surface area contributed by atoms with Gasteiger partial charge in [-0.05, 0) is 24.3 Å². The third-order valence-corrected chi connectivity index (χ3v) is 3.73. The van der Waals surface area contributed by atoms with E-state index in [1.165, 1.54) is 12.3 Å². The van der Waals surface area contributed by atoms with Gasteiger partial charge in [0, 0.05) is 19.4 Å². The predicted molar refractivity (Wildman–Crippen MR) is 111 cm³/mol. The number of ether oxygens (including phenoxy) is 1. The van der Waals surface area contributed by atoms with Gasteiger partial charge in [0.05, 0.1) is 13.1 Å². The second-order valence-electron chi connectivity index (χ2n) is 5.60. The molecule has 0 radical (unpaired) electrons. The van der Waals surface area contributed by atoms with E-state index in [0.717, 1.165) is 11.7 Å². The molecule has 3 heterocycles. The van der Waals surface area contributed by atoms with Gasteiger partial charge < -0.3 is 15.4 Å². The van der Waals surface area contributed by atoms with Crippen LogP contribution in [0.4, 0.5) is 13.2 Å². The van der Waals surface area contributed by atoms with Crippen molar-refractivity contribution in [3.05, 3.63) is 54.1 Å². The average Bonchev–Trinajstić information content (AvgIpc) is 3.10. The smallest absolute Gasteiger partial charge is 0.421 e. The highest BCUT2D eigenvalue weighted by Gasteiger charge is 2.34. The van der Waals surface area contributed by atoms with Crippen molar-refractivity contribution in [2.75, 3.05) is 20.2 Å². The lowest BCUT2D eigenvalue weighted by atomic mass is 10.2. The Bertz CT molecular complexity index is 961. The Morgan fingerprint density at radius 1 is 1.17 bits per heavy atom. The van der Waals surface area contributed by atoms with E-state index < -0.39 is 17.6 Å². The van der Waals surface area contributed by atoms with Gasteiger partial charge in [-0.3, -0.25) is 9.39 Å². The molecule has 0 unspecified atom stereocenters. The molecule has 0 aliphatic rings. The Morgan fingerprint density at radius 2 is 2.00 bits per heavy atom. The molecule has 3 aromatic rings. The molecule has 156 valence electrons. The van der Waals surface area contributed by atoms with Gasteiger partial charge in [0.2, 0.25) is 5.88 Å². The topological polar surface area (TPSA) is 88.7 Å². The standard InChI is InChI=1S/C17H18F3N7O.HI/c1-21-16(24-11-14-26-25-13-6-2-3-9-27(13)14)23-8-10-28-15-12(17(18,19)20)5-4-7-22-15;/h2-7,9H,8,10-11H2,1H3,(H2,21,23,24);1H. The molecule has 0 amide bonds. The molecule has 0 bridgehead atoms. The molecule has 0 saturated heterocycles. The molecule has 2 N–H and O–H groups in total. The van der Waals surface area contributed by atoms with Crippen molar-refractivity contribution >= 4 is 35.6 Å². The van der Waals surface area contributed by atoms with Crippen molar-refractivity contribution in [2.24, 2.45) is 4.99 Å². The van der Waals surface area contributed by atoms with Gasteiger partial charge in [0.1, 0.15) is 12.2 Å². The molecular weight excluding hydrogens is 502 g/mol. The Morgan fingerprint density at radius 3 is 2.76 bits per heavy atom. The van der Waals surface area contributed by atoms with E-state index in [1.807, 2.05) is 28.8 Å². The van der Waals surface area contributed by atoms with E-state index in [0.29, 0.717) is 18.3 Å². The zero-order valence-electron chi connectivity index (χ0n) is 15.3. The van der Waals surface area contributed by atoms with Crippen LogP contribution >= 0.6 is 24.0 Å². The highest BCUT2D eigenvalue weighted by molar-refractivity contribution is 14.0. The molecule has 3 rings (SSSR count). The number of nitrogens with one attached hydrogen (secondary N) is 2. The largest absolute Gasteiger partial charge is 0.475 e. The summed E-state index contributed by atoms with van der Waals surface area (Å²) in [5.74, 6) is 0.695. The highest BCUT2D eigenvalue weighted by atomic mass is 127. The zero-order chi connectivity index (χ0) is 20.0. The Balaban J connectivity index is 0.00000300. The summed E-state index contributed by atoms with van der Waals surface area (Å²) in [6.07, 6.45) is -1.42. The number of halogens is 4. The van der Waals surface area contributed by atoms with Crippen molar-refractivity contribution in [3.8, 4) is 5.88 Å². The van der Waals surface area contributed by atoms with Gasteiger partial charge in [0.15, 0.2) is 17.4 Å². The fourth-order valence-corrected chi connectivity index (χ4v) is 2.43. The third kappa shape index (κ3) is 5.92. The highest BCUT2D eigenvalue weighted by Crippen LogP contribution is 2.34. The summed E-state index contributed by atoms with van der Waals surface area (Å²) >= 11 is 0. The summed E-state index contributed by atoms with van der Waals surface area (Å²) in [7, 11) is 1.58. The first-order valence-electron chi connectivity index (χ1n) is 8.37. The predicted octanol–water partition coefficient (Wildman–Crippen LogP) is 2.51. The molecule has 12 heteroatoms. The maximum Gasteiger partial charge on any atom is 0.421 e. The number of pyridine rings is 2. The lowest BCUT2D eigenvalue weighted by Crippen LogP contribution is -2.39.